The number of nitrogens with zero attached hydrogens (tertiary/aromatic N) is 2. The van der Waals surface area contributed by atoms with Crippen LogP contribution < -0.4 is 4.74 Å². The van der Waals surface area contributed by atoms with Gasteiger partial charge in [0, 0.05) is 11.5 Å². The molecule has 1 N–H and O–H groups in total. The zero-order valence-corrected chi connectivity index (χ0v) is 11.1. The molecule has 0 aromatic carbocycles. The van der Waals surface area contributed by atoms with Crippen LogP contribution in [-0.2, 0) is 5.41 Å². The lowest BCUT2D eigenvalue weighted by Gasteiger charge is -2.27. The average molecular weight is 238 g/mol. The van der Waals surface area contributed by atoms with E-state index in [2.05, 4.69) is 25.9 Å². The maximum absolute atomic E-state index is 9.79. The fourth-order valence-corrected chi connectivity index (χ4v) is 2.89. The van der Waals surface area contributed by atoms with Crippen molar-refractivity contribution in [1.29, 1.82) is 0 Å². The van der Waals surface area contributed by atoms with E-state index in [1.54, 1.807) is 13.3 Å². The third-order valence-electron chi connectivity index (χ3n) is 3.76. The van der Waals surface area contributed by atoms with Crippen molar-refractivity contribution in [1.82, 2.24) is 9.78 Å². The quantitative estimate of drug-likeness (QED) is 0.878. The van der Waals surface area contributed by atoms with Gasteiger partial charge in [-0.2, -0.15) is 5.10 Å². The minimum atomic E-state index is -0.194. The summed E-state index contributed by atoms with van der Waals surface area (Å²) in [6, 6.07) is 0.309. The van der Waals surface area contributed by atoms with Gasteiger partial charge >= 0.3 is 0 Å². The minimum Gasteiger partial charge on any atom is -0.493 e. The Kier molecular flexibility index (Phi) is 3.17. The van der Waals surface area contributed by atoms with Crippen LogP contribution in [0.3, 0.4) is 0 Å². The van der Waals surface area contributed by atoms with E-state index < -0.39 is 0 Å². The summed E-state index contributed by atoms with van der Waals surface area (Å²) < 4.78 is 7.45. The Labute approximate surface area is 103 Å². The first kappa shape index (κ1) is 12.4. The van der Waals surface area contributed by atoms with Crippen LogP contribution in [0.25, 0.3) is 0 Å². The van der Waals surface area contributed by atoms with Crippen molar-refractivity contribution in [3.63, 3.8) is 0 Å². The highest BCUT2D eigenvalue weighted by Crippen LogP contribution is 2.45. The summed E-state index contributed by atoms with van der Waals surface area (Å²) in [5.41, 5.74) is 1.11. The molecule has 0 radical (unpaired) electrons. The third-order valence-corrected chi connectivity index (χ3v) is 3.76. The highest BCUT2D eigenvalue weighted by molar-refractivity contribution is 5.34. The van der Waals surface area contributed by atoms with Crippen LogP contribution >= 0.6 is 0 Å². The molecule has 17 heavy (non-hydrogen) atoms. The van der Waals surface area contributed by atoms with E-state index in [0.717, 1.165) is 30.7 Å². The first-order chi connectivity index (χ1) is 7.98. The first-order valence-corrected chi connectivity index (χ1v) is 6.28. The number of methoxy groups -OCH3 is 1. The van der Waals surface area contributed by atoms with Gasteiger partial charge in [0.1, 0.15) is 0 Å². The number of aromatic nitrogens is 2. The number of hydrogen-bond acceptors (Lipinski definition) is 3. The van der Waals surface area contributed by atoms with Crippen molar-refractivity contribution in [3.05, 3.63) is 11.9 Å². The topological polar surface area (TPSA) is 47.3 Å². The van der Waals surface area contributed by atoms with Crippen LogP contribution in [0.5, 0.6) is 5.75 Å². The molecule has 1 saturated carbocycles. The molecule has 1 aliphatic carbocycles. The second kappa shape index (κ2) is 4.33. The highest BCUT2D eigenvalue weighted by Gasteiger charge is 2.40. The summed E-state index contributed by atoms with van der Waals surface area (Å²) in [6.07, 6.45) is 4.24. The Morgan fingerprint density at radius 2 is 2.29 bits per heavy atom. The van der Waals surface area contributed by atoms with Gasteiger partial charge in [0.25, 0.3) is 0 Å². The largest absolute Gasteiger partial charge is 0.493 e. The molecule has 96 valence electrons. The van der Waals surface area contributed by atoms with Crippen LogP contribution in [0.4, 0.5) is 0 Å². The number of hydrogen-bond donors (Lipinski definition) is 1. The van der Waals surface area contributed by atoms with Gasteiger partial charge in [0.15, 0.2) is 5.75 Å². The molecule has 1 aromatic heterocycles. The smallest absolute Gasteiger partial charge is 0.160 e. The van der Waals surface area contributed by atoms with Crippen molar-refractivity contribution in [3.8, 4) is 5.75 Å². The summed E-state index contributed by atoms with van der Waals surface area (Å²) in [5, 5.41) is 14.2. The Bertz CT molecular complexity index is 400. The van der Waals surface area contributed by atoms with Crippen LogP contribution in [-0.4, -0.2) is 28.1 Å². The van der Waals surface area contributed by atoms with Gasteiger partial charge in [-0.1, -0.05) is 6.92 Å². The molecular formula is C13H22N2O2. The van der Waals surface area contributed by atoms with Crippen molar-refractivity contribution in [2.45, 2.75) is 57.6 Å². The van der Waals surface area contributed by atoms with Crippen molar-refractivity contribution in [2.24, 2.45) is 0 Å². The molecule has 1 fully saturated rings. The second-order valence-electron chi connectivity index (χ2n) is 5.56. The zero-order valence-electron chi connectivity index (χ0n) is 11.1. The number of rotatable bonds is 3. The molecular weight excluding hydrogens is 216 g/mol. The normalized spacial score (nSPS) is 28.9. The third kappa shape index (κ3) is 2.06. The van der Waals surface area contributed by atoms with Gasteiger partial charge in [-0.15, -0.1) is 0 Å². The lowest BCUT2D eigenvalue weighted by molar-refractivity contribution is 0.173. The Morgan fingerprint density at radius 3 is 2.76 bits per heavy atom. The van der Waals surface area contributed by atoms with Crippen molar-refractivity contribution >= 4 is 0 Å². The summed E-state index contributed by atoms with van der Waals surface area (Å²) in [7, 11) is 1.68. The fraction of sp³-hybridized carbons (Fsp3) is 0.769. The molecule has 0 bridgehead atoms. The molecule has 2 unspecified atom stereocenters. The van der Waals surface area contributed by atoms with E-state index in [-0.39, 0.29) is 11.5 Å². The van der Waals surface area contributed by atoms with E-state index in [4.69, 9.17) is 4.74 Å². The average Bonchev–Trinajstić information content (AvgIpc) is 2.82. The van der Waals surface area contributed by atoms with Crippen LogP contribution in [0.15, 0.2) is 6.20 Å². The Balaban J connectivity index is 2.45. The molecule has 2 atom stereocenters. The van der Waals surface area contributed by atoms with E-state index in [1.165, 1.54) is 0 Å². The molecule has 0 aliphatic heterocycles. The van der Waals surface area contributed by atoms with Gasteiger partial charge in [-0.05, 0) is 33.1 Å². The Hall–Kier alpha value is -1.03. The molecule has 1 aliphatic rings. The monoisotopic (exact) mass is 238 g/mol. The lowest BCUT2D eigenvalue weighted by atomic mass is 9.84. The summed E-state index contributed by atoms with van der Waals surface area (Å²) in [6.45, 7) is 6.43. The van der Waals surface area contributed by atoms with E-state index in [0.29, 0.717) is 6.04 Å². The van der Waals surface area contributed by atoms with Gasteiger partial charge in [-0.25, -0.2) is 0 Å². The van der Waals surface area contributed by atoms with Crippen LogP contribution in [0.2, 0.25) is 0 Å². The number of ether oxygens (including phenoxy) is 1. The molecule has 1 heterocycles. The predicted molar refractivity (Wildman–Crippen MR) is 66.4 cm³/mol. The zero-order chi connectivity index (χ0) is 12.6. The Morgan fingerprint density at radius 1 is 1.59 bits per heavy atom. The maximum Gasteiger partial charge on any atom is 0.160 e. The van der Waals surface area contributed by atoms with E-state index >= 15 is 0 Å². The first-order valence-electron chi connectivity index (χ1n) is 6.28. The predicted octanol–water partition coefficient (Wildman–Crippen LogP) is 2.28. The molecule has 1 aromatic rings. The lowest BCUT2D eigenvalue weighted by Crippen LogP contribution is -2.25. The number of aliphatic hydroxyl groups is 1. The molecule has 0 amide bonds. The van der Waals surface area contributed by atoms with Gasteiger partial charge in [-0.3, -0.25) is 4.68 Å². The van der Waals surface area contributed by atoms with Gasteiger partial charge in [0.2, 0.25) is 0 Å². The molecule has 0 saturated heterocycles. The van der Waals surface area contributed by atoms with Gasteiger partial charge in [0.05, 0.1) is 25.1 Å². The summed E-state index contributed by atoms with van der Waals surface area (Å²) in [4.78, 5) is 0. The molecule has 4 heteroatoms. The SMILES string of the molecule is COc1cnn(C(C)C)c1C1(C)CCC(O)C1. The van der Waals surface area contributed by atoms with E-state index in [9.17, 15) is 5.11 Å². The van der Waals surface area contributed by atoms with Crippen LogP contribution in [0.1, 0.15) is 51.8 Å². The summed E-state index contributed by atoms with van der Waals surface area (Å²) in [5.74, 6) is 0.843. The maximum atomic E-state index is 9.79. The standard InChI is InChI=1S/C13H22N2O2/c1-9(2)15-12(11(17-4)8-14-15)13(3)6-5-10(16)7-13/h8-10,16H,5-7H2,1-4H3. The number of aliphatic hydroxyl groups excluding tert-OH is 1. The highest BCUT2D eigenvalue weighted by atomic mass is 16.5. The van der Waals surface area contributed by atoms with Crippen molar-refractivity contribution < 1.29 is 9.84 Å². The van der Waals surface area contributed by atoms with Crippen molar-refractivity contribution in [2.75, 3.05) is 7.11 Å². The van der Waals surface area contributed by atoms with Gasteiger partial charge < -0.3 is 9.84 Å². The fourth-order valence-electron chi connectivity index (χ4n) is 2.89. The minimum absolute atomic E-state index is 0.0223. The van der Waals surface area contributed by atoms with Crippen LogP contribution in [0, 0.1) is 0 Å². The summed E-state index contributed by atoms with van der Waals surface area (Å²) >= 11 is 0. The molecule has 4 nitrogen and oxygen atoms in total. The molecule has 2 rings (SSSR count). The molecule has 0 spiro atoms. The van der Waals surface area contributed by atoms with E-state index in [1.807, 2.05) is 4.68 Å². The second-order valence-corrected chi connectivity index (χ2v) is 5.56.